The van der Waals surface area contributed by atoms with Gasteiger partial charge in [0, 0.05) is 25.3 Å². The lowest BCUT2D eigenvalue weighted by Crippen LogP contribution is -2.35. The molecule has 0 unspecified atom stereocenters. The Kier molecular flexibility index (Phi) is 5.73. The van der Waals surface area contributed by atoms with E-state index in [0.717, 1.165) is 44.0 Å². The molecule has 6 heteroatoms. The minimum Gasteiger partial charge on any atom is -0.506 e. The summed E-state index contributed by atoms with van der Waals surface area (Å²) in [5, 5.41) is 13.0. The SMILES string of the molecule is Cc1cc(Br)c(O)c(C(=O)Nc2cccc(CN3CCOCC3)c2)c1. The van der Waals surface area contributed by atoms with Crippen molar-refractivity contribution in [2.24, 2.45) is 0 Å². The molecular weight excluding hydrogens is 384 g/mol. The predicted octanol–water partition coefficient (Wildman–Crippen LogP) is 3.55. The largest absolute Gasteiger partial charge is 0.506 e. The summed E-state index contributed by atoms with van der Waals surface area (Å²) >= 11 is 3.27. The molecule has 0 atom stereocenters. The lowest BCUT2D eigenvalue weighted by atomic mass is 10.1. The molecule has 2 aromatic carbocycles. The fourth-order valence-corrected chi connectivity index (χ4v) is 3.45. The van der Waals surface area contributed by atoms with Crippen molar-refractivity contribution in [1.82, 2.24) is 4.90 Å². The third kappa shape index (κ3) is 4.60. The summed E-state index contributed by atoms with van der Waals surface area (Å²) in [5.41, 5.74) is 3.00. The summed E-state index contributed by atoms with van der Waals surface area (Å²) < 4.78 is 5.88. The van der Waals surface area contributed by atoms with E-state index in [0.29, 0.717) is 10.2 Å². The van der Waals surface area contributed by atoms with Crippen LogP contribution < -0.4 is 5.32 Å². The number of rotatable bonds is 4. The number of ether oxygens (including phenoxy) is 1. The van der Waals surface area contributed by atoms with Crippen LogP contribution in [0.1, 0.15) is 21.5 Å². The Morgan fingerprint density at radius 2 is 2.04 bits per heavy atom. The molecule has 0 bridgehead atoms. The monoisotopic (exact) mass is 404 g/mol. The number of halogens is 1. The lowest BCUT2D eigenvalue weighted by molar-refractivity contribution is 0.0342. The summed E-state index contributed by atoms with van der Waals surface area (Å²) in [6.45, 7) is 6.07. The van der Waals surface area contributed by atoms with Crippen LogP contribution in [0.4, 0.5) is 5.69 Å². The fraction of sp³-hybridized carbons (Fsp3) is 0.316. The van der Waals surface area contributed by atoms with E-state index >= 15 is 0 Å². The normalized spacial score (nSPS) is 15.1. The molecule has 0 spiro atoms. The van der Waals surface area contributed by atoms with Gasteiger partial charge in [-0.25, -0.2) is 0 Å². The van der Waals surface area contributed by atoms with E-state index < -0.39 is 0 Å². The van der Waals surface area contributed by atoms with E-state index in [-0.39, 0.29) is 17.2 Å². The Balaban J connectivity index is 1.72. The quantitative estimate of drug-likeness (QED) is 0.817. The molecular formula is C19H21BrN2O3. The summed E-state index contributed by atoms with van der Waals surface area (Å²) in [5.74, 6) is -0.377. The Morgan fingerprint density at radius 3 is 2.80 bits per heavy atom. The first-order valence-electron chi connectivity index (χ1n) is 8.22. The second-order valence-electron chi connectivity index (χ2n) is 6.19. The number of benzene rings is 2. The molecule has 0 aliphatic carbocycles. The third-order valence-corrected chi connectivity index (χ3v) is 4.75. The highest BCUT2D eigenvalue weighted by atomic mass is 79.9. The Bertz CT molecular complexity index is 773. The molecule has 132 valence electrons. The third-order valence-electron chi connectivity index (χ3n) is 4.15. The maximum Gasteiger partial charge on any atom is 0.259 e. The van der Waals surface area contributed by atoms with Crippen molar-refractivity contribution in [3.8, 4) is 5.75 Å². The number of phenols is 1. The van der Waals surface area contributed by atoms with Crippen molar-refractivity contribution in [1.29, 1.82) is 0 Å². The first-order valence-corrected chi connectivity index (χ1v) is 9.02. The average Bonchev–Trinajstić information content (AvgIpc) is 2.59. The van der Waals surface area contributed by atoms with Crippen LogP contribution >= 0.6 is 15.9 Å². The number of amides is 1. The van der Waals surface area contributed by atoms with E-state index in [4.69, 9.17) is 4.74 Å². The first kappa shape index (κ1) is 17.9. The Labute approximate surface area is 155 Å². The number of phenolic OH excluding ortho intramolecular Hbond substituents is 1. The van der Waals surface area contributed by atoms with Crippen molar-refractivity contribution < 1.29 is 14.6 Å². The fourth-order valence-electron chi connectivity index (χ4n) is 2.87. The van der Waals surface area contributed by atoms with E-state index in [1.165, 1.54) is 0 Å². The molecule has 2 aromatic rings. The van der Waals surface area contributed by atoms with Crippen LogP contribution in [0, 0.1) is 6.92 Å². The van der Waals surface area contributed by atoms with Gasteiger partial charge < -0.3 is 15.2 Å². The summed E-state index contributed by atoms with van der Waals surface area (Å²) in [6, 6.07) is 11.2. The molecule has 1 aliphatic rings. The van der Waals surface area contributed by atoms with Crippen molar-refractivity contribution >= 4 is 27.5 Å². The second kappa shape index (κ2) is 7.99. The summed E-state index contributed by atoms with van der Waals surface area (Å²) in [7, 11) is 0. The zero-order chi connectivity index (χ0) is 17.8. The smallest absolute Gasteiger partial charge is 0.259 e. The van der Waals surface area contributed by atoms with Crippen LogP contribution in [0.3, 0.4) is 0 Å². The average molecular weight is 405 g/mol. The number of nitrogens with one attached hydrogen (secondary N) is 1. The van der Waals surface area contributed by atoms with Gasteiger partial charge in [0.2, 0.25) is 0 Å². The Morgan fingerprint density at radius 1 is 1.28 bits per heavy atom. The van der Waals surface area contributed by atoms with Gasteiger partial charge in [0.05, 0.1) is 23.2 Å². The molecule has 0 saturated carbocycles. The number of aromatic hydroxyl groups is 1. The molecule has 0 aromatic heterocycles. The lowest BCUT2D eigenvalue weighted by Gasteiger charge is -2.26. The van der Waals surface area contributed by atoms with E-state index in [9.17, 15) is 9.90 Å². The Hall–Kier alpha value is -1.89. The van der Waals surface area contributed by atoms with Gasteiger partial charge in [-0.3, -0.25) is 9.69 Å². The molecule has 1 aliphatic heterocycles. The van der Waals surface area contributed by atoms with Crippen LogP contribution in [0.25, 0.3) is 0 Å². The van der Waals surface area contributed by atoms with Crippen LogP contribution in [0.2, 0.25) is 0 Å². The van der Waals surface area contributed by atoms with Gasteiger partial charge >= 0.3 is 0 Å². The van der Waals surface area contributed by atoms with Crippen molar-refractivity contribution in [2.45, 2.75) is 13.5 Å². The van der Waals surface area contributed by atoms with E-state index in [1.807, 2.05) is 31.2 Å². The maximum atomic E-state index is 12.5. The topological polar surface area (TPSA) is 61.8 Å². The van der Waals surface area contributed by atoms with Gasteiger partial charge in [0.25, 0.3) is 5.91 Å². The molecule has 2 N–H and O–H groups in total. The number of hydrogen-bond donors (Lipinski definition) is 2. The van der Waals surface area contributed by atoms with Gasteiger partial charge in [0.15, 0.2) is 0 Å². The predicted molar refractivity (Wildman–Crippen MR) is 101 cm³/mol. The second-order valence-corrected chi connectivity index (χ2v) is 7.04. The molecule has 1 fully saturated rings. The van der Waals surface area contributed by atoms with Crippen LogP contribution in [-0.2, 0) is 11.3 Å². The van der Waals surface area contributed by atoms with Crippen LogP contribution in [-0.4, -0.2) is 42.2 Å². The molecule has 25 heavy (non-hydrogen) atoms. The molecule has 5 nitrogen and oxygen atoms in total. The van der Waals surface area contributed by atoms with Crippen molar-refractivity contribution in [3.63, 3.8) is 0 Å². The number of aryl methyl sites for hydroxylation is 1. The standard InChI is InChI=1S/C19H21BrN2O3/c1-13-9-16(18(23)17(20)10-13)19(24)21-15-4-2-3-14(11-15)12-22-5-7-25-8-6-22/h2-4,9-11,23H,5-8,12H2,1H3,(H,21,24). The number of morpholine rings is 1. The number of carbonyl (C=O) groups is 1. The first-order chi connectivity index (χ1) is 12.0. The van der Waals surface area contributed by atoms with Gasteiger partial charge in [-0.2, -0.15) is 0 Å². The maximum absolute atomic E-state index is 12.5. The minimum absolute atomic E-state index is 0.0485. The molecule has 1 heterocycles. The zero-order valence-corrected chi connectivity index (χ0v) is 15.7. The number of nitrogens with zero attached hydrogens (tertiary/aromatic N) is 1. The van der Waals surface area contributed by atoms with Crippen LogP contribution in [0.5, 0.6) is 5.75 Å². The molecule has 3 rings (SSSR count). The summed E-state index contributed by atoms with van der Waals surface area (Å²) in [6.07, 6.45) is 0. The zero-order valence-electron chi connectivity index (χ0n) is 14.1. The number of hydrogen-bond acceptors (Lipinski definition) is 4. The highest BCUT2D eigenvalue weighted by molar-refractivity contribution is 9.10. The van der Waals surface area contributed by atoms with Gasteiger partial charge in [-0.15, -0.1) is 0 Å². The minimum atomic E-state index is -0.328. The van der Waals surface area contributed by atoms with Gasteiger partial charge in [0.1, 0.15) is 5.75 Å². The molecule has 1 amide bonds. The van der Waals surface area contributed by atoms with Gasteiger partial charge in [-0.05, 0) is 58.2 Å². The van der Waals surface area contributed by atoms with Crippen molar-refractivity contribution in [2.75, 3.05) is 31.6 Å². The van der Waals surface area contributed by atoms with Crippen LogP contribution in [0.15, 0.2) is 40.9 Å². The highest BCUT2D eigenvalue weighted by Gasteiger charge is 2.15. The number of anilines is 1. The highest BCUT2D eigenvalue weighted by Crippen LogP contribution is 2.30. The summed E-state index contributed by atoms with van der Waals surface area (Å²) in [4.78, 5) is 14.8. The molecule has 0 radical (unpaired) electrons. The number of carbonyl (C=O) groups excluding carboxylic acids is 1. The van der Waals surface area contributed by atoms with E-state index in [2.05, 4.69) is 26.1 Å². The van der Waals surface area contributed by atoms with Gasteiger partial charge in [-0.1, -0.05) is 12.1 Å². The molecule has 1 saturated heterocycles. The van der Waals surface area contributed by atoms with E-state index in [1.54, 1.807) is 12.1 Å². The van der Waals surface area contributed by atoms with Crippen molar-refractivity contribution in [3.05, 3.63) is 57.6 Å².